The van der Waals surface area contributed by atoms with Gasteiger partial charge >= 0.3 is 0 Å². The Morgan fingerprint density at radius 1 is 1.10 bits per heavy atom. The molecule has 21 heavy (non-hydrogen) atoms. The van der Waals surface area contributed by atoms with Crippen molar-refractivity contribution >= 4 is 27.4 Å². The number of hydrogen-bond donors (Lipinski definition) is 1. The third-order valence-electron chi connectivity index (χ3n) is 3.43. The number of hydrogen-bond acceptors (Lipinski definition) is 4. The Hall–Kier alpha value is -1.94. The number of nitrogens with one attached hydrogen (secondary N) is 1. The van der Waals surface area contributed by atoms with Gasteiger partial charge in [-0.05, 0) is 24.5 Å². The Morgan fingerprint density at radius 3 is 2.76 bits per heavy atom. The van der Waals surface area contributed by atoms with Crippen LogP contribution in [0.5, 0.6) is 0 Å². The molecule has 0 fully saturated rings. The average Bonchev–Trinajstić information content (AvgIpc) is 2.92. The number of thiophene rings is 1. The first kappa shape index (κ1) is 14.0. The van der Waals surface area contributed by atoms with E-state index in [4.69, 9.17) is 0 Å². The molecule has 1 N–H and O–H groups in total. The fourth-order valence-corrected chi connectivity index (χ4v) is 3.48. The van der Waals surface area contributed by atoms with Gasteiger partial charge in [0.1, 0.15) is 17.0 Å². The molecule has 0 aliphatic heterocycles. The van der Waals surface area contributed by atoms with Crippen molar-refractivity contribution < 1.29 is 0 Å². The van der Waals surface area contributed by atoms with Gasteiger partial charge in [0.15, 0.2) is 0 Å². The predicted octanol–water partition coefficient (Wildman–Crippen LogP) is 4.30. The van der Waals surface area contributed by atoms with Gasteiger partial charge in [-0.2, -0.15) is 0 Å². The molecule has 3 aromatic rings. The SMILES string of the molecule is CCCc1cc2c(NCCc3ccccc3)ncnc2s1. The van der Waals surface area contributed by atoms with Crippen LogP contribution in [0.25, 0.3) is 10.2 Å². The van der Waals surface area contributed by atoms with Gasteiger partial charge in [-0.25, -0.2) is 9.97 Å². The van der Waals surface area contributed by atoms with Gasteiger partial charge in [-0.15, -0.1) is 11.3 Å². The molecule has 0 saturated heterocycles. The summed E-state index contributed by atoms with van der Waals surface area (Å²) in [6.45, 7) is 3.09. The van der Waals surface area contributed by atoms with Crippen LogP contribution < -0.4 is 5.32 Å². The molecule has 0 spiro atoms. The largest absolute Gasteiger partial charge is 0.369 e. The quantitative estimate of drug-likeness (QED) is 0.737. The fourth-order valence-electron chi connectivity index (χ4n) is 2.39. The smallest absolute Gasteiger partial charge is 0.138 e. The highest BCUT2D eigenvalue weighted by Gasteiger charge is 2.07. The van der Waals surface area contributed by atoms with Crippen LogP contribution >= 0.6 is 11.3 Å². The minimum atomic E-state index is 0.884. The zero-order valence-electron chi connectivity index (χ0n) is 12.2. The Kier molecular flexibility index (Phi) is 4.46. The van der Waals surface area contributed by atoms with Crippen molar-refractivity contribution in [1.82, 2.24) is 9.97 Å². The normalized spacial score (nSPS) is 10.9. The van der Waals surface area contributed by atoms with Crippen molar-refractivity contribution in [1.29, 1.82) is 0 Å². The summed E-state index contributed by atoms with van der Waals surface area (Å²) in [5, 5.41) is 4.60. The van der Waals surface area contributed by atoms with Gasteiger partial charge in [0.05, 0.1) is 5.39 Å². The van der Waals surface area contributed by atoms with E-state index >= 15 is 0 Å². The summed E-state index contributed by atoms with van der Waals surface area (Å²) < 4.78 is 0. The van der Waals surface area contributed by atoms with E-state index in [1.54, 1.807) is 17.7 Å². The molecule has 0 bridgehead atoms. The second-order valence-corrected chi connectivity index (χ2v) is 6.18. The van der Waals surface area contributed by atoms with Crippen LogP contribution in [0, 0.1) is 0 Å². The Morgan fingerprint density at radius 2 is 1.95 bits per heavy atom. The predicted molar refractivity (Wildman–Crippen MR) is 90.0 cm³/mol. The highest BCUT2D eigenvalue weighted by atomic mass is 32.1. The Labute approximate surface area is 129 Å². The van der Waals surface area contributed by atoms with E-state index in [-0.39, 0.29) is 0 Å². The lowest BCUT2D eigenvalue weighted by Gasteiger charge is -2.06. The van der Waals surface area contributed by atoms with Crippen LogP contribution in [0.3, 0.4) is 0 Å². The average molecular weight is 297 g/mol. The molecule has 0 amide bonds. The summed E-state index contributed by atoms with van der Waals surface area (Å²) in [6.07, 6.45) is 4.93. The molecule has 0 aliphatic carbocycles. The van der Waals surface area contributed by atoms with Crippen molar-refractivity contribution in [2.24, 2.45) is 0 Å². The van der Waals surface area contributed by atoms with E-state index < -0.39 is 0 Å². The maximum Gasteiger partial charge on any atom is 0.138 e. The molecule has 2 heterocycles. The molecule has 0 radical (unpaired) electrons. The summed E-state index contributed by atoms with van der Waals surface area (Å²) in [6, 6.07) is 12.7. The number of aryl methyl sites for hydroxylation is 1. The molecule has 0 atom stereocenters. The van der Waals surface area contributed by atoms with E-state index in [2.05, 4.69) is 52.5 Å². The van der Waals surface area contributed by atoms with Crippen LogP contribution in [0.2, 0.25) is 0 Å². The summed E-state index contributed by atoms with van der Waals surface area (Å²) in [5.74, 6) is 0.953. The van der Waals surface area contributed by atoms with Crippen molar-refractivity contribution in [3.8, 4) is 0 Å². The van der Waals surface area contributed by atoms with Crippen molar-refractivity contribution in [3.63, 3.8) is 0 Å². The van der Waals surface area contributed by atoms with Crippen molar-refractivity contribution in [3.05, 3.63) is 53.2 Å². The monoisotopic (exact) mass is 297 g/mol. The summed E-state index contributed by atoms with van der Waals surface area (Å²) in [5.41, 5.74) is 1.34. The maximum atomic E-state index is 4.40. The first-order chi connectivity index (χ1) is 10.4. The molecular weight excluding hydrogens is 278 g/mol. The Bertz CT molecular complexity index is 706. The summed E-state index contributed by atoms with van der Waals surface area (Å²) >= 11 is 1.77. The zero-order valence-corrected chi connectivity index (χ0v) is 13.0. The summed E-state index contributed by atoms with van der Waals surface area (Å²) in [4.78, 5) is 11.2. The third-order valence-corrected chi connectivity index (χ3v) is 4.53. The highest BCUT2D eigenvalue weighted by Crippen LogP contribution is 2.28. The molecule has 2 aromatic heterocycles. The van der Waals surface area contributed by atoms with Gasteiger partial charge < -0.3 is 5.32 Å². The first-order valence-corrected chi connectivity index (χ1v) is 8.19. The van der Waals surface area contributed by atoms with Crippen molar-refractivity contribution in [2.75, 3.05) is 11.9 Å². The second kappa shape index (κ2) is 6.68. The lowest BCUT2D eigenvalue weighted by molar-refractivity contribution is 0.940. The number of benzene rings is 1. The van der Waals surface area contributed by atoms with Gasteiger partial charge in [0.25, 0.3) is 0 Å². The molecule has 3 rings (SSSR count). The van der Waals surface area contributed by atoms with Crippen molar-refractivity contribution in [2.45, 2.75) is 26.2 Å². The van der Waals surface area contributed by atoms with E-state index in [0.29, 0.717) is 0 Å². The first-order valence-electron chi connectivity index (χ1n) is 7.38. The molecule has 0 aliphatic rings. The van der Waals surface area contributed by atoms with Crippen LogP contribution in [0.1, 0.15) is 23.8 Å². The summed E-state index contributed by atoms with van der Waals surface area (Å²) in [7, 11) is 0. The van der Waals surface area contributed by atoms with Gasteiger partial charge in [-0.1, -0.05) is 43.7 Å². The Balaban J connectivity index is 1.71. The molecule has 4 heteroatoms. The standard InChI is InChI=1S/C17H19N3S/c1-2-6-14-11-15-16(19-12-20-17(15)21-14)18-10-9-13-7-4-3-5-8-13/h3-5,7-8,11-12H,2,6,9-10H2,1H3,(H,18,19,20). The van der Waals surface area contributed by atoms with Crippen LogP contribution in [-0.2, 0) is 12.8 Å². The fraction of sp³-hybridized carbons (Fsp3) is 0.294. The number of rotatable bonds is 6. The van der Waals surface area contributed by atoms with Crippen LogP contribution in [0.15, 0.2) is 42.7 Å². The van der Waals surface area contributed by atoms with Crippen LogP contribution in [-0.4, -0.2) is 16.5 Å². The highest BCUT2D eigenvalue weighted by molar-refractivity contribution is 7.18. The lowest BCUT2D eigenvalue weighted by atomic mass is 10.1. The molecule has 0 unspecified atom stereocenters. The molecule has 3 nitrogen and oxygen atoms in total. The number of anilines is 1. The maximum absolute atomic E-state index is 4.40. The lowest BCUT2D eigenvalue weighted by Crippen LogP contribution is -2.06. The molecule has 108 valence electrons. The molecular formula is C17H19N3S. The minimum absolute atomic E-state index is 0.884. The topological polar surface area (TPSA) is 37.8 Å². The van der Waals surface area contributed by atoms with E-state index in [1.165, 1.54) is 10.4 Å². The zero-order chi connectivity index (χ0) is 14.5. The third kappa shape index (κ3) is 3.39. The van der Waals surface area contributed by atoms with Crippen LogP contribution in [0.4, 0.5) is 5.82 Å². The van der Waals surface area contributed by atoms with E-state index in [1.807, 2.05) is 6.07 Å². The van der Waals surface area contributed by atoms with E-state index in [0.717, 1.165) is 41.8 Å². The molecule has 1 aromatic carbocycles. The molecule has 0 saturated carbocycles. The number of nitrogens with zero attached hydrogens (tertiary/aromatic N) is 2. The van der Waals surface area contributed by atoms with E-state index in [9.17, 15) is 0 Å². The van der Waals surface area contributed by atoms with Gasteiger partial charge in [0, 0.05) is 11.4 Å². The second-order valence-electron chi connectivity index (χ2n) is 5.07. The minimum Gasteiger partial charge on any atom is -0.369 e. The number of fused-ring (bicyclic) bond motifs is 1. The number of aromatic nitrogens is 2. The van der Waals surface area contributed by atoms with Gasteiger partial charge in [0.2, 0.25) is 0 Å². The van der Waals surface area contributed by atoms with Gasteiger partial charge in [-0.3, -0.25) is 0 Å².